The average molecular weight is 435 g/mol. The number of carbonyl (C=O) groups is 2. The van der Waals surface area contributed by atoms with Crippen LogP contribution in [0.2, 0.25) is 0 Å². The quantitative estimate of drug-likeness (QED) is 0.438. The van der Waals surface area contributed by atoms with E-state index in [4.69, 9.17) is 19.3 Å². The lowest BCUT2D eigenvalue weighted by Crippen LogP contribution is -2.22. The highest BCUT2D eigenvalue weighted by molar-refractivity contribution is 5.64. The summed E-state index contributed by atoms with van der Waals surface area (Å²) in [6.07, 6.45) is -0.761. The van der Waals surface area contributed by atoms with E-state index in [1.165, 1.54) is 0 Å². The molecule has 0 aliphatic carbocycles. The van der Waals surface area contributed by atoms with Crippen molar-refractivity contribution in [2.75, 3.05) is 7.11 Å². The Hall–Kier alpha value is -4.00. The van der Waals surface area contributed by atoms with Crippen LogP contribution in [0, 0.1) is 0 Å². The zero-order valence-corrected chi connectivity index (χ0v) is 17.7. The standard InChI is InChI=1S/C25H25NO6/c1-30-21-10-7-18(8-11-21)13-22(16-27)32-24-14-20(15-26-25(28)29)9-12-23(24)31-17-19-5-3-2-4-6-19/h2-12,14,16,22,26H,13,15,17H2,1H3,(H,28,29). The highest BCUT2D eigenvalue weighted by Gasteiger charge is 2.15. The third-order valence-corrected chi connectivity index (χ3v) is 4.72. The number of amides is 1. The molecule has 166 valence electrons. The predicted molar refractivity (Wildman–Crippen MR) is 119 cm³/mol. The van der Waals surface area contributed by atoms with Crippen LogP contribution in [0.25, 0.3) is 0 Å². The monoisotopic (exact) mass is 435 g/mol. The third kappa shape index (κ3) is 6.77. The Balaban J connectivity index is 1.77. The van der Waals surface area contributed by atoms with Crippen LogP contribution in [0.3, 0.4) is 0 Å². The first-order chi connectivity index (χ1) is 15.6. The maximum atomic E-state index is 11.7. The minimum absolute atomic E-state index is 0.106. The highest BCUT2D eigenvalue weighted by atomic mass is 16.5. The van der Waals surface area contributed by atoms with Gasteiger partial charge in [-0.2, -0.15) is 0 Å². The first-order valence-electron chi connectivity index (χ1n) is 10.1. The molecule has 0 aliphatic heterocycles. The van der Waals surface area contributed by atoms with Crippen LogP contribution >= 0.6 is 0 Å². The predicted octanol–water partition coefficient (Wildman–Crippen LogP) is 4.23. The number of methoxy groups -OCH3 is 1. The molecule has 0 bridgehead atoms. The van der Waals surface area contributed by atoms with Crippen LogP contribution in [-0.2, 0) is 24.4 Å². The fourth-order valence-corrected chi connectivity index (χ4v) is 3.06. The molecule has 3 rings (SSSR count). The van der Waals surface area contributed by atoms with Crippen molar-refractivity contribution in [3.8, 4) is 17.2 Å². The molecule has 0 aromatic heterocycles. The number of carboxylic acid groups (broad SMARTS) is 1. The van der Waals surface area contributed by atoms with Crippen LogP contribution in [-0.4, -0.2) is 30.7 Å². The lowest BCUT2D eigenvalue weighted by Gasteiger charge is -2.18. The van der Waals surface area contributed by atoms with Gasteiger partial charge in [-0.25, -0.2) is 4.79 Å². The molecule has 0 saturated heterocycles. The van der Waals surface area contributed by atoms with Crippen molar-refractivity contribution in [1.82, 2.24) is 5.32 Å². The zero-order valence-electron chi connectivity index (χ0n) is 17.7. The van der Waals surface area contributed by atoms with Gasteiger partial charge in [0.2, 0.25) is 0 Å². The summed E-state index contributed by atoms with van der Waals surface area (Å²) >= 11 is 0. The molecule has 1 atom stereocenters. The van der Waals surface area contributed by atoms with Gasteiger partial charge in [-0.05, 0) is 41.0 Å². The highest BCUT2D eigenvalue weighted by Crippen LogP contribution is 2.30. The smallest absolute Gasteiger partial charge is 0.404 e. The summed E-state index contributed by atoms with van der Waals surface area (Å²) in [7, 11) is 1.59. The van der Waals surface area contributed by atoms with Crippen molar-refractivity contribution in [3.63, 3.8) is 0 Å². The molecule has 0 saturated carbocycles. The van der Waals surface area contributed by atoms with E-state index < -0.39 is 12.2 Å². The van der Waals surface area contributed by atoms with E-state index in [1.807, 2.05) is 54.6 Å². The maximum absolute atomic E-state index is 11.7. The lowest BCUT2D eigenvalue weighted by molar-refractivity contribution is -0.113. The van der Waals surface area contributed by atoms with Gasteiger partial charge in [0.05, 0.1) is 7.11 Å². The van der Waals surface area contributed by atoms with Gasteiger partial charge in [0, 0.05) is 13.0 Å². The van der Waals surface area contributed by atoms with Crippen molar-refractivity contribution in [2.45, 2.75) is 25.7 Å². The molecular weight excluding hydrogens is 410 g/mol. The molecule has 0 heterocycles. The van der Waals surface area contributed by atoms with E-state index in [-0.39, 0.29) is 6.54 Å². The Morgan fingerprint density at radius 2 is 1.69 bits per heavy atom. The second kappa shape index (κ2) is 11.4. The number of ether oxygens (including phenoxy) is 3. The molecule has 32 heavy (non-hydrogen) atoms. The number of aldehydes is 1. The van der Waals surface area contributed by atoms with Crippen molar-refractivity contribution in [2.24, 2.45) is 0 Å². The number of hydrogen-bond donors (Lipinski definition) is 2. The number of carbonyl (C=O) groups excluding carboxylic acids is 1. The fourth-order valence-electron chi connectivity index (χ4n) is 3.06. The molecule has 0 radical (unpaired) electrons. The molecule has 1 unspecified atom stereocenters. The van der Waals surface area contributed by atoms with Crippen molar-refractivity contribution in [1.29, 1.82) is 0 Å². The largest absolute Gasteiger partial charge is 0.497 e. The van der Waals surface area contributed by atoms with Crippen molar-refractivity contribution in [3.05, 3.63) is 89.5 Å². The van der Waals surface area contributed by atoms with E-state index in [0.717, 1.165) is 23.2 Å². The van der Waals surface area contributed by atoms with Crippen LogP contribution < -0.4 is 19.5 Å². The lowest BCUT2D eigenvalue weighted by atomic mass is 10.1. The Morgan fingerprint density at radius 3 is 2.34 bits per heavy atom. The Morgan fingerprint density at radius 1 is 0.969 bits per heavy atom. The zero-order chi connectivity index (χ0) is 22.8. The Kier molecular flexibility index (Phi) is 8.09. The first-order valence-corrected chi connectivity index (χ1v) is 10.1. The second-order valence-corrected chi connectivity index (χ2v) is 7.06. The molecule has 7 nitrogen and oxygen atoms in total. The van der Waals surface area contributed by atoms with E-state index in [1.54, 1.807) is 25.3 Å². The summed E-state index contributed by atoms with van der Waals surface area (Å²) in [5, 5.41) is 11.2. The Labute approximate surface area is 186 Å². The number of rotatable bonds is 11. The first kappa shape index (κ1) is 22.7. The topological polar surface area (TPSA) is 94.1 Å². The van der Waals surface area contributed by atoms with Gasteiger partial charge < -0.3 is 24.6 Å². The van der Waals surface area contributed by atoms with E-state index >= 15 is 0 Å². The molecule has 0 fully saturated rings. The summed E-state index contributed by atoms with van der Waals surface area (Å²) in [6, 6.07) is 22.2. The number of hydrogen-bond acceptors (Lipinski definition) is 5. The minimum atomic E-state index is -1.12. The van der Waals surface area contributed by atoms with Gasteiger partial charge in [0.1, 0.15) is 12.4 Å². The van der Waals surface area contributed by atoms with Crippen LogP contribution in [0.5, 0.6) is 17.2 Å². The van der Waals surface area contributed by atoms with Crippen LogP contribution in [0.1, 0.15) is 16.7 Å². The summed E-state index contributed by atoms with van der Waals surface area (Å²) in [5.41, 5.74) is 2.59. The summed E-state index contributed by atoms with van der Waals surface area (Å²) < 4.78 is 17.1. The SMILES string of the molecule is COc1ccc(CC(C=O)Oc2cc(CNC(=O)O)ccc2OCc2ccccc2)cc1. The molecule has 3 aromatic carbocycles. The molecular formula is C25H25NO6. The average Bonchev–Trinajstić information content (AvgIpc) is 2.82. The third-order valence-electron chi connectivity index (χ3n) is 4.72. The molecule has 1 amide bonds. The maximum Gasteiger partial charge on any atom is 0.404 e. The van der Waals surface area contributed by atoms with Gasteiger partial charge in [-0.1, -0.05) is 48.5 Å². The van der Waals surface area contributed by atoms with Gasteiger partial charge in [-0.3, -0.25) is 4.79 Å². The summed E-state index contributed by atoms with van der Waals surface area (Å²) in [5.74, 6) is 1.57. The van der Waals surface area contributed by atoms with Crippen molar-refractivity contribution >= 4 is 12.4 Å². The van der Waals surface area contributed by atoms with Gasteiger partial charge in [-0.15, -0.1) is 0 Å². The Bertz CT molecular complexity index is 1020. The number of benzene rings is 3. The second-order valence-electron chi connectivity index (χ2n) is 7.06. The van der Waals surface area contributed by atoms with Gasteiger partial charge in [0.15, 0.2) is 23.9 Å². The van der Waals surface area contributed by atoms with Gasteiger partial charge in [0.25, 0.3) is 0 Å². The number of nitrogens with one attached hydrogen (secondary N) is 1. The molecule has 2 N–H and O–H groups in total. The molecule has 0 spiro atoms. The van der Waals surface area contributed by atoms with Crippen LogP contribution in [0.15, 0.2) is 72.8 Å². The summed E-state index contributed by atoms with van der Waals surface area (Å²) in [6.45, 7) is 0.434. The summed E-state index contributed by atoms with van der Waals surface area (Å²) in [4.78, 5) is 22.6. The van der Waals surface area contributed by atoms with E-state index in [0.29, 0.717) is 30.1 Å². The minimum Gasteiger partial charge on any atom is -0.497 e. The van der Waals surface area contributed by atoms with E-state index in [2.05, 4.69) is 5.32 Å². The molecule has 3 aromatic rings. The van der Waals surface area contributed by atoms with E-state index in [9.17, 15) is 9.59 Å². The van der Waals surface area contributed by atoms with Crippen molar-refractivity contribution < 1.29 is 28.9 Å². The van der Waals surface area contributed by atoms with Crippen LogP contribution in [0.4, 0.5) is 4.79 Å². The fraction of sp³-hybridized carbons (Fsp3) is 0.200. The molecule has 0 aliphatic rings. The van der Waals surface area contributed by atoms with Gasteiger partial charge >= 0.3 is 6.09 Å². The normalized spacial score (nSPS) is 11.3. The molecule has 7 heteroatoms.